The number of ether oxygens (including phenoxy) is 1. The van der Waals surface area contributed by atoms with Gasteiger partial charge in [0, 0.05) is 0 Å². The first kappa shape index (κ1) is 13.4. The summed E-state index contributed by atoms with van der Waals surface area (Å²) < 4.78 is 18.5. The molecule has 17 heavy (non-hydrogen) atoms. The number of hydrogen-bond acceptors (Lipinski definition) is 3. The molecule has 0 aliphatic heterocycles. The van der Waals surface area contributed by atoms with Crippen molar-refractivity contribution < 1.29 is 24.1 Å². The molecular weight excluding hydrogens is 227 g/mol. The average Bonchev–Trinajstić information content (AvgIpc) is 2.19. The molecule has 1 rings (SSSR count). The average molecular weight is 242 g/mol. The molecule has 0 amide bonds. The van der Waals surface area contributed by atoms with Crippen LogP contribution in [0.4, 0.5) is 4.39 Å². The normalized spacial score (nSPS) is 14.1. The van der Waals surface area contributed by atoms with E-state index in [1.54, 1.807) is 6.92 Å². The molecule has 94 valence electrons. The molecule has 2 N–H and O–H groups in total. The van der Waals surface area contributed by atoms with E-state index in [0.717, 1.165) is 6.07 Å². The number of rotatable bonds is 5. The molecule has 1 aromatic carbocycles. The number of benzene rings is 1. The maximum atomic E-state index is 13.5. The van der Waals surface area contributed by atoms with E-state index in [1.807, 2.05) is 0 Å². The Kier molecular flexibility index (Phi) is 4.07. The fourth-order valence-electron chi connectivity index (χ4n) is 1.50. The SMILES string of the molecule is CCOc1ccc(C(C)(O)CC(=O)O)cc1F. The van der Waals surface area contributed by atoms with Crippen LogP contribution in [0.25, 0.3) is 0 Å². The fraction of sp³-hybridized carbons (Fsp3) is 0.417. The third-order valence-electron chi connectivity index (χ3n) is 2.35. The van der Waals surface area contributed by atoms with Crippen molar-refractivity contribution in [3.8, 4) is 5.75 Å². The lowest BCUT2D eigenvalue weighted by molar-refractivity contribution is -0.142. The summed E-state index contributed by atoms with van der Waals surface area (Å²) in [4.78, 5) is 10.6. The number of hydrogen-bond donors (Lipinski definition) is 2. The van der Waals surface area contributed by atoms with Crippen LogP contribution in [0.2, 0.25) is 0 Å². The van der Waals surface area contributed by atoms with Crippen molar-refractivity contribution in [2.45, 2.75) is 25.9 Å². The Bertz CT molecular complexity index is 415. The van der Waals surface area contributed by atoms with E-state index in [9.17, 15) is 14.3 Å². The monoisotopic (exact) mass is 242 g/mol. The Morgan fingerprint density at radius 2 is 2.18 bits per heavy atom. The predicted octanol–water partition coefficient (Wildman–Crippen LogP) is 1.91. The molecule has 0 fully saturated rings. The minimum absolute atomic E-state index is 0.0855. The lowest BCUT2D eigenvalue weighted by Gasteiger charge is -2.22. The van der Waals surface area contributed by atoms with E-state index in [1.165, 1.54) is 19.1 Å². The number of aliphatic carboxylic acids is 1. The maximum Gasteiger partial charge on any atom is 0.306 e. The highest BCUT2D eigenvalue weighted by Gasteiger charge is 2.27. The fourth-order valence-corrected chi connectivity index (χ4v) is 1.50. The number of carboxylic acid groups (broad SMARTS) is 1. The minimum Gasteiger partial charge on any atom is -0.491 e. The quantitative estimate of drug-likeness (QED) is 0.827. The molecule has 0 aromatic heterocycles. The highest BCUT2D eigenvalue weighted by atomic mass is 19.1. The molecule has 4 nitrogen and oxygen atoms in total. The Hall–Kier alpha value is -1.62. The molecule has 0 aliphatic carbocycles. The van der Waals surface area contributed by atoms with Gasteiger partial charge < -0.3 is 14.9 Å². The van der Waals surface area contributed by atoms with Gasteiger partial charge in [0.15, 0.2) is 11.6 Å². The maximum absolute atomic E-state index is 13.5. The van der Waals surface area contributed by atoms with Gasteiger partial charge in [0.25, 0.3) is 0 Å². The zero-order chi connectivity index (χ0) is 13.1. The third kappa shape index (κ3) is 3.42. The Labute approximate surface area is 98.7 Å². The summed E-state index contributed by atoms with van der Waals surface area (Å²) in [6, 6.07) is 3.93. The number of carbonyl (C=O) groups is 1. The van der Waals surface area contributed by atoms with Crippen LogP contribution >= 0.6 is 0 Å². The molecule has 0 saturated carbocycles. The van der Waals surface area contributed by atoms with Crippen LogP contribution < -0.4 is 4.74 Å². The van der Waals surface area contributed by atoms with Crippen LogP contribution in [-0.2, 0) is 10.4 Å². The number of halogens is 1. The topological polar surface area (TPSA) is 66.8 Å². The van der Waals surface area contributed by atoms with Gasteiger partial charge in [0.1, 0.15) is 0 Å². The standard InChI is InChI=1S/C12H15FO4/c1-3-17-10-5-4-8(6-9(10)13)12(2,16)7-11(14)15/h4-6,16H,3,7H2,1-2H3,(H,14,15). The van der Waals surface area contributed by atoms with Crippen molar-refractivity contribution in [3.05, 3.63) is 29.6 Å². The summed E-state index contributed by atoms with van der Waals surface area (Å²) in [5.74, 6) is -1.68. The third-order valence-corrected chi connectivity index (χ3v) is 2.35. The van der Waals surface area contributed by atoms with Crippen LogP contribution in [-0.4, -0.2) is 22.8 Å². The largest absolute Gasteiger partial charge is 0.491 e. The van der Waals surface area contributed by atoms with E-state index in [4.69, 9.17) is 9.84 Å². The lowest BCUT2D eigenvalue weighted by Crippen LogP contribution is -2.25. The Morgan fingerprint density at radius 3 is 2.65 bits per heavy atom. The zero-order valence-electron chi connectivity index (χ0n) is 9.74. The summed E-state index contributed by atoms with van der Waals surface area (Å²) in [6.45, 7) is 3.39. The Balaban J connectivity index is 3.00. The number of aliphatic hydroxyl groups is 1. The first-order valence-electron chi connectivity index (χ1n) is 5.24. The second kappa shape index (κ2) is 5.14. The predicted molar refractivity (Wildman–Crippen MR) is 59.4 cm³/mol. The molecule has 0 aliphatic rings. The van der Waals surface area contributed by atoms with Gasteiger partial charge in [0.05, 0.1) is 18.6 Å². The first-order chi connectivity index (χ1) is 7.86. The molecular formula is C12H15FO4. The van der Waals surface area contributed by atoms with E-state index < -0.39 is 23.8 Å². The van der Waals surface area contributed by atoms with Crippen LogP contribution in [0.5, 0.6) is 5.75 Å². The van der Waals surface area contributed by atoms with Crippen molar-refractivity contribution in [1.29, 1.82) is 0 Å². The van der Waals surface area contributed by atoms with Crippen molar-refractivity contribution in [2.75, 3.05) is 6.61 Å². The lowest BCUT2D eigenvalue weighted by atomic mass is 9.92. The van der Waals surface area contributed by atoms with E-state index >= 15 is 0 Å². The molecule has 0 spiro atoms. The molecule has 0 bridgehead atoms. The van der Waals surface area contributed by atoms with E-state index in [-0.39, 0.29) is 11.3 Å². The zero-order valence-corrected chi connectivity index (χ0v) is 9.74. The van der Waals surface area contributed by atoms with E-state index in [2.05, 4.69) is 0 Å². The van der Waals surface area contributed by atoms with Gasteiger partial charge in [-0.15, -0.1) is 0 Å². The molecule has 1 aromatic rings. The van der Waals surface area contributed by atoms with Crippen LogP contribution in [0.3, 0.4) is 0 Å². The van der Waals surface area contributed by atoms with Crippen molar-refractivity contribution in [1.82, 2.24) is 0 Å². The first-order valence-corrected chi connectivity index (χ1v) is 5.24. The summed E-state index contributed by atoms with van der Waals surface area (Å²) >= 11 is 0. The summed E-state index contributed by atoms with van der Waals surface area (Å²) in [6.07, 6.45) is -0.486. The minimum atomic E-state index is -1.60. The van der Waals surface area contributed by atoms with Gasteiger partial charge in [-0.05, 0) is 31.5 Å². The molecule has 0 radical (unpaired) electrons. The Morgan fingerprint density at radius 1 is 1.53 bits per heavy atom. The molecule has 1 atom stereocenters. The van der Waals surface area contributed by atoms with Gasteiger partial charge in [-0.3, -0.25) is 4.79 Å². The summed E-state index contributed by atoms with van der Waals surface area (Å²) in [5, 5.41) is 18.6. The molecule has 1 unspecified atom stereocenters. The van der Waals surface area contributed by atoms with Crippen molar-refractivity contribution in [2.24, 2.45) is 0 Å². The highest BCUT2D eigenvalue weighted by Crippen LogP contribution is 2.28. The van der Waals surface area contributed by atoms with Gasteiger partial charge in [-0.2, -0.15) is 0 Å². The molecule has 0 heterocycles. The molecule has 5 heteroatoms. The second-order valence-corrected chi connectivity index (χ2v) is 3.92. The summed E-state index contributed by atoms with van der Waals surface area (Å²) in [7, 11) is 0. The summed E-state index contributed by atoms with van der Waals surface area (Å²) in [5.41, 5.74) is -1.39. The van der Waals surface area contributed by atoms with Gasteiger partial charge >= 0.3 is 5.97 Å². The van der Waals surface area contributed by atoms with Crippen LogP contribution in [0, 0.1) is 5.82 Å². The smallest absolute Gasteiger partial charge is 0.306 e. The van der Waals surface area contributed by atoms with Crippen molar-refractivity contribution in [3.63, 3.8) is 0 Å². The van der Waals surface area contributed by atoms with Crippen LogP contribution in [0.15, 0.2) is 18.2 Å². The van der Waals surface area contributed by atoms with Gasteiger partial charge in [-0.25, -0.2) is 4.39 Å². The van der Waals surface area contributed by atoms with Gasteiger partial charge in [-0.1, -0.05) is 6.07 Å². The highest BCUT2D eigenvalue weighted by molar-refractivity contribution is 5.68. The number of carboxylic acids is 1. The van der Waals surface area contributed by atoms with Crippen LogP contribution in [0.1, 0.15) is 25.8 Å². The molecule has 0 saturated heterocycles. The van der Waals surface area contributed by atoms with Gasteiger partial charge in [0.2, 0.25) is 0 Å². The second-order valence-electron chi connectivity index (χ2n) is 3.92. The van der Waals surface area contributed by atoms with Crippen molar-refractivity contribution >= 4 is 5.97 Å². The van der Waals surface area contributed by atoms with E-state index in [0.29, 0.717) is 6.61 Å².